The summed E-state index contributed by atoms with van der Waals surface area (Å²) in [6.45, 7) is 2.95. The molecular formula is C18H18N2O8. The molecule has 1 aliphatic rings. The number of hydrogen-bond acceptors (Lipinski definition) is 8. The van der Waals surface area contributed by atoms with Crippen LogP contribution >= 0.6 is 0 Å². The monoisotopic (exact) mass is 390 g/mol. The fourth-order valence-corrected chi connectivity index (χ4v) is 2.61. The molecule has 3 rings (SSSR count). The largest absolute Gasteiger partial charge is 0.486 e. The zero-order valence-electron chi connectivity index (χ0n) is 15.1. The predicted molar refractivity (Wildman–Crippen MR) is 94.2 cm³/mol. The van der Waals surface area contributed by atoms with Crippen molar-refractivity contribution in [2.75, 3.05) is 26.4 Å². The van der Waals surface area contributed by atoms with Gasteiger partial charge in [0, 0.05) is 13.1 Å². The molecule has 0 unspecified atom stereocenters. The smallest absolute Gasteiger partial charge is 0.433 e. The van der Waals surface area contributed by atoms with Crippen LogP contribution in [0.3, 0.4) is 0 Å². The summed E-state index contributed by atoms with van der Waals surface area (Å²) < 4.78 is 20.7. The van der Waals surface area contributed by atoms with Gasteiger partial charge in [-0.25, -0.2) is 4.79 Å². The number of nitrogens with zero attached hydrogens (tertiary/aromatic N) is 2. The van der Waals surface area contributed by atoms with Crippen LogP contribution in [-0.4, -0.2) is 48.1 Å². The van der Waals surface area contributed by atoms with Gasteiger partial charge in [-0.1, -0.05) is 6.07 Å². The maximum Gasteiger partial charge on any atom is 0.433 e. The standard InChI is InChI=1S/C18H18N2O8/c1-2-19(10-12-3-4-13-15(9-12)26-8-7-25-13)16(21)11-27-18(22)14-5-6-17(28-14)20(23)24/h3-6,9H,2,7-8,10-11H2,1H3. The number of likely N-dealkylation sites (N-methyl/N-ethyl adjacent to an activating group) is 1. The van der Waals surface area contributed by atoms with E-state index in [1.54, 1.807) is 19.1 Å². The molecule has 1 aromatic carbocycles. The molecule has 1 aliphatic heterocycles. The molecule has 10 nitrogen and oxygen atoms in total. The third-order valence-corrected chi connectivity index (χ3v) is 4.01. The van der Waals surface area contributed by atoms with Gasteiger partial charge >= 0.3 is 11.9 Å². The van der Waals surface area contributed by atoms with E-state index in [2.05, 4.69) is 0 Å². The number of fused-ring (bicyclic) bond motifs is 1. The van der Waals surface area contributed by atoms with Gasteiger partial charge in [-0.3, -0.25) is 14.9 Å². The molecule has 1 aromatic heterocycles. The third-order valence-electron chi connectivity index (χ3n) is 4.01. The van der Waals surface area contributed by atoms with E-state index >= 15 is 0 Å². The Bertz CT molecular complexity index is 891. The molecule has 10 heteroatoms. The summed E-state index contributed by atoms with van der Waals surface area (Å²) in [5, 5.41) is 10.6. The molecule has 148 valence electrons. The SMILES string of the molecule is CCN(Cc1ccc2c(c1)OCCO2)C(=O)COC(=O)c1ccc([N+](=O)[O-])o1. The highest BCUT2D eigenvalue weighted by Crippen LogP contribution is 2.31. The van der Waals surface area contributed by atoms with Crippen LogP contribution in [0.5, 0.6) is 11.5 Å². The molecule has 0 fully saturated rings. The molecular weight excluding hydrogens is 372 g/mol. The van der Waals surface area contributed by atoms with Gasteiger partial charge in [0.2, 0.25) is 5.76 Å². The van der Waals surface area contributed by atoms with Crippen molar-refractivity contribution in [1.82, 2.24) is 4.90 Å². The lowest BCUT2D eigenvalue weighted by Gasteiger charge is -2.23. The van der Waals surface area contributed by atoms with Gasteiger partial charge < -0.3 is 23.5 Å². The number of benzene rings is 1. The highest BCUT2D eigenvalue weighted by Gasteiger charge is 2.21. The minimum Gasteiger partial charge on any atom is -0.486 e. The van der Waals surface area contributed by atoms with E-state index < -0.39 is 29.3 Å². The predicted octanol–water partition coefficient (Wildman–Crippen LogP) is 2.16. The quantitative estimate of drug-likeness (QED) is 0.400. The Hall–Kier alpha value is -3.56. The van der Waals surface area contributed by atoms with E-state index in [1.807, 2.05) is 6.07 Å². The lowest BCUT2D eigenvalue weighted by molar-refractivity contribution is -0.402. The first kappa shape index (κ1) is 19.2. The van der Waals surface area contributed by atoms with E-state index in [0.717, 1.165) is 17.7 Å². The van der Waals surface area contributed by atoms with E-state index in [4.69, 9.17) is 18.6 Å². The van der Waals surface area contributed by atoms with Crippen LogP contribution in [0.1, 0.15) is 23.0 Å². The Morgan fingerprint density at radius 2 is 1.93 bits per heavy atom. The molecule has 0 atom stereocenters. The first-order valence-electron chi connectivity index (χ1n) is 8.55. The zero-order valence-corrected chi connectivity index (χ0v) is 15.1. The minimum absolute atomic E-state index is 0.301. The summed E-state index contributed by atoms with van der Waals surface area (Å²) in [7, 11) is 0. The van der Waals surface area contributed by atoms with Crippen LogP contribution in [0.15, 0.2) is 34.7 Å². The molecule has 0 bridgehead atoms. The maximum absolute atomic E-state index is 12.4. The van der Waals surface area contributed by atoms with Crippen LogP contribution in [0.4, 0.5) is 5.88 Å². The van der Waals surface area contributed by atoms with Crippen LogP contribution in [0.25, 0.3) is 0 Å². The number of amides is 1. The summed E-state index contributed by atoms with van der Waals surface area (Å²) in [6, 6.07) is 7.58. The minimum atomic E-state index is -0.947. The maximum atomic E-state index is 12.4. The molecule has 0 radical (unpaired) electrons. The van der Waals surface area contributed by atoms with Crippen LogP contribution in [0, 0.1) is 10.1 Å². The van der Waals surface area contributed by atoms with E-state index in [-0.39, 0.29) is 5.76 Å². The van der Waals surface area contributed by atoms with Gasteiger partial charge in [0.1, 0.15) is 18.1 Å². The Labute approximate surface area is 159 Å². The number of nitro groups is 1. The van der Waals surface area contributed by atoms with Crippen molar-refractivity contribution in [3.05, 3.63) is 51.8 Å². The molecule has 2 aromatic rings. The number of carbonyl (C=O) groups excluding carboxylic acids is 2. The summed E-state index contributed by atoms with van der Waals surface area (Å²) in [4.78, 5) is 35.6. The van der Waals surface area contributed by atoms with Crippen molar-refractivity contribution in [1.29, 1.82) is 0 Å². The summed E-state index contributed by atoms with van der Waals surface area (Å²) in [5.41, 5.74) is 0.840. The van der Waals surface area contributed by atoms with Gasteiger partial charge in [0.15, 0.2) is 18.1 Å². The topological polar surface area (TPSA) is 121 Å². The number of hydrogen-bond donors (Lipinski definition) is 0. The lowest BCUT2D eigenvalue weighted by atomic mass is 10.2. The fourth-order valence-electron chi connectivity index (χ4n) is 2.61. The van der Waals surface area contributed by atoms with Crippen molar-refractivity contribution in [2.24, 2.45) is 0 Å². The number of ether oxygens (including phenoxy) is 3. The van der Waals surface area contributed by atoms with Gasteiger partial charge in [0.25, 0.3) is 5.91 Å². The Balaban J connectivity index is 1.57. The molecule has 28 heavy (non-hydrogen) atoms. The summed E-state index contributed by atoms with van der Waals surface area (Å²) >= 11 is 0. The van der Waals surface area contributed by atoms with Crippen molar-refractivity contribution in [2.45, 2.75) is 13.5 Å². The molecule has 0 spiro atoms. The highest BCUT2D eigenvalue weighted by atomic mass is 16.7. The third kappa shape index (κ3) is 4.40. The number of esters is 1. The van der Waals surface area contributed by atoms with E-state index in [1.165, 1.54) is 4.90 Å². The summed E-state index contributed by atoms with van der Waals surface area (Å²) in [5.74, 6) is -0.992. The van der Waals surface area contributed by atoms with Gasteiger partial charge in [-0.2, -0.15) is 0 Å². The Kier molecular flexibility index (Phi) is 5.78. The van der Waals surface area contributed by atoms with E-state index in [0.29, 0.717) is 37.8 Å². The molecule has 0 saturated carbocycles. The zero-order chi connectivity index (χ0) is 20.1. The first-order valence-corrected chi connectivity index (χ1v) is 8.55. The molecule has 2 heterocycles. The molecule has 0 aliphatic carbocycles. The molecule has 0 saturated heterocycles. The summed E-state index contributed by atoms with van der Waals surface area (Å²) in [6.07, 6.45) is 0. The average Bonchev–Trinajstić information content (AvgIpc) is 3.20. The highest BCUT2D eigenvalue weighted by molar-refractivity contribution is 5.89. The van der Waals surface area contributed by atoms with E-state index in [9.17, 15) is 19.7 Å². The van der Waals surface area contributed by atoms with Crippen molar-refractivity contribution >= 4 is 17.8 Å². The normalized spacial score (nSPS) is 12.3. The first-order chi connectivity index (χ1) is 13.5. The average molecular weight is 390 g/mol. The lowest BCUT2D eigenvalue weighted by Crippen LogP contribution is -2.34. The van der Waals surface area contributed by atoms with Crippen LogP contribution < -0.4 is 9.47 Å². The second-order valence-corrected chi connectivity index (χ2v) is 5.86. The van der Waals surface area contributed by atoms with Gasteiger partial charge in [-0.15, -0.1) is 0 Å². The molecule has 1 amide bonds. The van der Waals surface area contributed by atoms with Crippen molar-refractivity contribution in [3.8, 4) is 11.5 Å². The molecule has 0 N–H and O–H groups in total. The Morgan fingerprint density at radius 1 is 1.18 bits per heavy atom. The Morgan fingerprint density at radius 3 is 2.61 bits per heavy atom. The second kappa shape index (κ2) is 8.42. The van der Waals surface area contributed by atoms with Gasteiger partial charge in [0.05, 0.1) is 6.07 Å². The van der Waals surface area contributed by atoms with Crippen LogP contribution in [-0.2, 0) is 16.1 Å². The number of carbonyl (C=O) groups is 2. The van der Waals surface area contributed by atoms with Crippen LogP contribution in [0.2, 0.25) is 0 Å². The van der Waals surface area contributed by atoms with Gasteiger partial charge in [-0.05, 0) is 30.7 Å². The fraction of sp³-hybridized carbons (Fsp3) is 0.333. The number of furan rings is 1. The second-order valence-electron chi connectivity index (χ2n) is 5.86. The van der Waals surface area contributed by atoms with Crippen molar-refractivity contribution < 1.29 is 33.1 Å². The van der Waals surface area contributed by atoms with Crippen molar-refractivity contribution in [3.63, 3.8) is 0 Å². The number of rotatable bonds is 7.